The summed E-state index contributed by atoms with van der Waals surface area (Å²) in [6.07, 6.45) is 1.64. The van der Waals surface area contributed by atoms with Gasteiger partial charge in [-0.05, 0) is 19.9 Å². The van der Waals surface area contributed by atoms with Crippen molar-refractivity contribution in [1.29, 1.82) is 0 Å². The maximum atomic E-state index is 10.1. The van der Waals surface area contributed by atoms with Gasteiger partial charge in [-0.25, -0.2) is 0 Å². The van der Waals surface area contributed by atoms with Crippen molar-refractivity contribution in [3.8, 4) is 0 Å². The van der Waals surface area contributed by atoms with Gasteiger partial charge in [0, 0.05) is 33.3 Å². The molecular formula is C10H21NO3. The minimum atomic E-state index is -0.674. The Balaban J connectivity index is 2.10. The third-order valence-electron chi connectivity index (χ3n) is 2.79. The highest BCUT2D eigenvalue weighted by atomic mass is 16.5. The lowest BCUT2D eigenvalue weighted by atomic mass is 9.97. The van der Waals surface area contributed by atoms with Crippen LogP contribution < -0.4 is 5.32 Å². The Morgan fingerprint density at radius 1 is 1.64 bits per heavy atom. The number of aliphatic hydroxyl groups is 1. The Bertz CT molecular complexity index is 165. The first-order valence-electron chi connectivity index (χ1n) is 5.23. The zero-order valence-corrected chi connectivity index (χ0v) is 9.08. The third kappa shape index (κ3) is 3.20. The van der Waals surface area contributed by atoms with Crippen LogP contribution >= 0.6 is 0 Å². The number of rotatable bonds is 6. The van der Waals surface area contributed by atoms with Crippen molar-refractivity contribution >= 4 is 0 Å². The monoisotopic (exact) mass is 203 g/mol. The molecule has 84 valence electrons. The summed E-state index contributed by atoms with van der Waals surface area (Å²) in [5.74, 6) is 0. The highest BCUT2D eigenvalue weighted by molar-refractivity contribution is 4.91. The Morgan fingerprint density at radius 2 is 2.43 bits per heavy atom. The van der Waals surface area contributed by atoms with Crippen LogP contribution in [0.2, 0.25) is 0 Å². The van der Waals surface area contributed by atoms with Crippen LogP contribution in [-0.4, -0.2) is 50.2 Å². The van der Waals surface area contributed by atoms with E-state index in [9.17, 15) is 5.11 Å². The number of hydrogen-bond donors (Lipinski definition) is 2. The molecule has 0 aromatic heterocycles. The molecule has 1 aliphatic heterocycles. The van der Waals surface area contributed by atoms with Crippen molar-refractivity contribution in [2.45, 2.75) is 31.5 Å². The molecule has 1 fully saturated rings. The smallest absolute Gasteiger partial charge is 0.105 e. The van der Waals surface area contributed by atoms with Gasteiger partial charge in [0.1, 0.15) is 5.60 Å². The van der Waals surface area contributed by atoms with Gasteiger partial charge in [0.05, 0.1) is 6.10 Å². The zero-order chi connectivity index (χ0) is 10.4. The highest BCUT2D eigenvalue weighted by Gasteiger charge is 2.38. The first-order valence-corrected chi connectivity index (χ1v) is 5.23. The van der Waals surface area contributed by atoms with Gasteiger partial charge in [0.2, 0.25) is 0 Å². The SMILES string of the molecule is COCCCNCC1(O)CCOC1C. The lowest BCUT2D eigenvalue weighted by molar-refractivity contribution is -0.0261. The molecule has 0 spiro atoms. The van der Waals surface area contributed by atoms with Crippen LogP contribution in [0.25, 0.3) is 0 Å². The minimum Gasteiger partial charge on any atom is -0.386 e. The summed E-state index contributed by atoms with van der Waals surface area (Å²) in [6, 6.07) is 0. The molecule has 0 aromatic carbocycles. The molecule has 0 aliphatic carbocycles. The quantitative estimate of drug-likeness (QED) is 0.603. The van der Waals surface area contributed by atoms with Crippen molar-refractivity contribution < 1.29 is 14.6 Å². The van der Waals surface area contributed by atoms with Crippen molar-refractivity contribution in [1.82, 2.24) is 5.32 Å². The van der Waals surface area contributed by atoms with E-state index in [-0.39, 0.29) is 6.10 Å². The van der Waals surface area contributed by atoms with Gasteiger partial charge in [0.25, 0.3) is 0 Å². The molecule has 4 heteroatoms. The van der Waals surface area contributed by atoms with Crippen molar-refractivity contribution in [2.24, 2.45) is 0 Å². The number of nitrogens with one attached hydrogen (secondary N) is 1. The predicted molar refractivity (Wildman–Crippen MR) is 54.3 cm³/mol. The molecule has 14 heavy (non-hydrogen) atoms. The van der Waals surface area contributed by atoms with E-state index in [0.717, 1.165) is 26.0 Å². The molecule has 2 N–H and O–H groups in total. The Hall–Kier alpha value is -0.160. The lowest BCUT2D eigenvalue weighted by Gasteiger charge is -2.26. The second kappa shape index (κ2) is 5.66. The van der Waals surface area contributed by atoms with E-state index in [1.54, 1.807) is 7.11 Å². The molecular weight excluding hydrogens is 182 g/mol. The third-order valence-corrected chi connectivity index (χ3v) is 2.79. The molecule has 0 saturated carbocycles. The first-order chi connectivity index (χ1) is 6.69. The van der Waals surface area contributed by atoms with Crippen LogP contribution in [0.5, 0.6) is 0 Å². The van der Waals surface area contributed by atoms with Gasteiger partial charge in [0.15, 0.2) is 0 Å². The number of ether oxygens (including phenoxy) is 2. The minimum absolute atomic E-state index is 0.0579. The molecule has 0 radical (unpaired) electrons. The molecule has 1 saturated heterocycles. The van der Waals surface area contributed by atoms with Gasteiger partial charge < -0.3 is 19.9 Å². The van der Waals surface area contributed by atoms with Crippen molar-refractivity contribution in [2.75, 3.05) is 33.4 Å². The summed E-state index contributed by atoms with van der Waals surface area (Å²) < 4.78 is 10.3. The first kappa shape index (κ1) is 11.9. The van der Waals surface area contributed by atoms with Gasteiger partial charge in [-0.15, -0.1) is 0 Å². The van der Waals surface area contributed by atoms with Crippen LogP contribution in [0, 0.1) is 0 Å². The Labute approximate surface area is 85.6 Å². The Morgan fingerprint density at radius 3 is 3.00 bits per heavy atom. The summed E-state index contributed by atoms with van der Waals surface area (Å²) in [7, 11) is 1.69. The van der Waals surface area contributed by atoms with Crippen LogP contribution in [-0.2, 0) is 9.47 Å². The van der Waals surface area contributed by atoms with Crippen LogP contribution in [0.1, 0.15) is 19.8 Å². The maximum Gasteiger partial charge on any atom is 0.105 e. The van der Waals surface area contributed by atoms with Crippen LogP contribution in [0.4, 0.5) is 0 Å². The summed E-state index contributed by atoms with van der Waals surface area (Å²) in [5, 5.41) is 13.3. The van der Waals surface area contributed by atoms with E-state index < -0.39 is 5.60 Å². The topological polar surface area (TPSA) is 50.7 Å². The van der Waals surface area contributed by atoms with E-state index in [1.165, 1.54) is 0 Å². The fraction of sp³-hybridized carbons (Fsp3) is 1.00. The zero-order valence-electron chi connectivity index (χ0n) is 9.08. The van der Waals surface area contributed by atoms with E-state index in [1.807, 2.05) is 6.92 Å². The van der Waals surface area contributed by atoms with E-state index >= 15 is 0 Å². The Kier molecular flexibility index (Phi) is 4.81. The standard InChI is InChI=1S/C10H21NO3/c1-9-10(12,4-7-14-9)8-11-5-3-6-13-2/h9,11-12H,3-8H2,1-2H3. The van der Waals surface area contributed by atoms with Gasteiger partial charge >= 0.3 is 0 Å². The molecule has 0 bridgehead atoms. The van der Waals surface area contributed by atoms with Crippen LogP contribution in [0.3, 0.4) is 0 Å². The van der Waals surface area contributed by atoms with Crippen molar-refractivity contribution in [3.63, 3.8) is 0 Å². The normalized spacial score (nSPS) is 32.4. The molecule has 0 aromatic rings. The molecule has 1 aliphatic rings. The lowest BCUT2D eigenvalue weighted by Crippen LogP contribution is -2.46. The summed E-state index contributed by atoms with van der Waals surface area (Å²) in [4.78, 5) is 0. The fourth-order valence-corrected chi connectivity index (χ4v) is 1.65. The van der Waals surface area contributed by atoms with Gasteiger partial charge in [-0.3, -0.25) is 0 Å². The average Bonchev–Trinajstić information content (AvgIpc) is 2.47. The largest absolute Gasteiger partial charge is 0.386 e. The second-order valence-corrected chi connectivity index (χ2v) is 3.89. The maximum absolute atomic E-state index is 10.1. The molecule has 1 rings (SSSR count). The van der Waals surface area contributed by atoms with Crippen molar-refractivity contribution in [3.05, 3.63) is 0 Å². The van der Waals surface area contributed by atoms with E-state index in [0.29, 0.717) is 13.2 Å². The van der Waals surface area contributed by atoms with Gasteiger partial charge in [-0.1, -0.05) is 0 Å². The molecule has 2 atom stereocenters. The molecule has 4 nitrogen and oxygen atoms in total. The summed E-state index contributed by atoms with van der Waals surface area (Å²) in [6.45, 7) is 4.83. The number of hydrogen-bond acceptors (Lipinski definition) is 4. The van der Waals surface area contributed by atoms with E-state index in [2.05, 4.69) is 5.32 Å². The molecule has 0 amide bonds. The summed E-state index contributed by atoms with van der Waals surface area (Å²) >= 11 is 0. The fourth-order valence-electron chi connectivity index (χ4n) is 1.65. The highest BCUT2D eigenvalue weighted by Crippen LogP contribution is 2.24. The van der Waals surface area contributed by atoms with Gasteiger partial charge in [-0.2, -0.15) is 0 Å². The summed E-state index contributed by atoms with van der Waals surface area (Å²) in [5.41, 5.74) is -0.674. The number of methoxy groups -OCH3 is 1. The molecule has 2 unspecified atom stereocenters. The second-order valence-electron chi connectivity index (χ2n) is 3.89. The van der Waals surface area contributed by atoms with E-state index in [4.69, 9.17) is 9.47 Å². The predicted octanol–water partition coefficient (Wildman–Crippen LogP) is 0.152. The van der Waals surface area contributed by atoms with Crippen LogP contribution in [0.15, 0.2) is 0 Å². The molecule has 1 heterocycles. The average molecular weight is 203 g/mol.